The molecule has 0 atom stereocenters. The van der Waals surface area contributed by atoms with Crippen molar-refractivity contribution >= 4 is 0 Å². The minimum absolute atomic E-state index is 0.271. The van der Waals surface area contributed by atoms with Gasteiger partial charge >= 0.3 is 0 Å². The van der Waals surface area contributed by atoms with Crippen molar-refractivity contribution in [1.82, 2.24) is 9.78 Å². The summed E-state index contributed by atoms with van der Waals surface area (Å²) < 4.78 is 15.6. The summed E-state index contributed by atoms with van der Waals surface area (Å²) in [6, 6.07) is 3.33. The number of rotatable bonds is 4. The molecule has 0 aliphatic carbocycles. The maximum atomic E-state index is 13.8. The van der Waals surface area contributed by atoms with E-state index in [4.69, 9.17) is 5.11 Å². The smallest absolute Gasteiger partial charge is 0.129 e. The van der Waals surface area contributed by atoms with E-state index in [0.717, 1.165) is 29.7 Å². The molecule has 0 amide bonds. The van der Waals surface area contributed by atoms with E-state index in [9.17, 15) is 4.39 Å². The van der Waals surface area contributed by atoms with Crippen molar-refractivity contribution in [2.75, 3.05) is 0 Å². The van der Waals surface area contributed by atoms with Crippen molar-refractivity contribution in [2.24, 2.45) is 0 Å². The van der Waals surface area contributed by atoms with Gasteiger partial charge in [-0.3, -0.25) is 4.68 Å². The lowest BCUT2D eigenvalue weighted by molar-refractivity contribution is 0.275. The van der Waals surface area contributed by atoms with Crippen molar-refractivity contribution in [1.29, 1.82) is 0 Å². The van der Waals surface area contributed by atoms with Gasteiger partial charge in [0.1, 0.15) is 5.82 Å². The highest BCUT2D eigenvalue weighted by molar-refractivity contribution is 5.63. The van der Waals surface area contributed by atoms with Crippen LogP contribution in [0.5, 0.6) is 0 Å². The van der Waals surface area contributed by atoms with Crippen molar-refractivity contribution in [3.63, 3.8) is 0 Å². The lowest BCUT2D eigenvalue weighted by Crippen LogP contribution is -1.96. The van der Waals surface area contributed by atoms with Crippen LogP contribution in [0, 0.1) is 12.7 Å². The number of nitrogens with zero attached hydrogens (tertiary/aromatic N) is 2. The molecule has 0 aliphatic heterocycles. The van der Waals surface area contributed by atoms with Crippen LogP contribution in [-0.4, -0.2) is 14.9 Å². The third kappa shape index (κ3) is 2.43. The molecule has 0 saturated carbocycles. The molecule has 0 spiro atoms. The van der Waals surface area contributed by atoms with Crippen molar-refractivity contribution in [3.05, 3.63) is 41.5 Å². The van der Waals surface area contributed by atoms with E-state index >= 15 is 0 Å². The largest absolute Gasteiger partial charge is 0.392 e. The fourth-order valence-electron chi connectivity index (χ4n) is 2.00. The third-order valence-electron chi connectivity index (χ3n) is 3.00. The summed E-state index contributed by atoms with van der Waals surface area (Å²) in [6.07, 6.45) is 4.66. The van der Waals surface area contributed by atoms with Gasteiger partial charge in [0, 0.05) is 23.9 Å². The molecule has 1 heterocycles. The fraction of sp³-hybridized carbons (Fsp3) is 0.357. The van der Waals surface area contributed by atoms with Gasteiger partial charge in [-0.2, -0.15) is 5.10 Å². The van der Waals surface area contributed by atoms with Crippen molar-refractivity contribution < 1.29 is 9.50 Å². The zero-order valence-corrected chi connectivity index (χ0v) is 10.7. The first-order chi connectivity index (χ1) is 8.65. The van der Waals surface area contributed by atoms with Crippen LogP contribution in [0.25, 0.3) is 11.1 Å². The molecule has 0 unspecified atom stereocenters. The van der Waals surface area contributed by atoms with Crippen LogP contribution in [-0.2, 0) is 13.2 Å². The fourth-order valence-corrected chi connectivity index (χ4v) is 2.00. The minimum atomic E-state index is -0.365. The Morgan fingerprint density at radius 3 is 2.72 bits per heavy atom. The number of hydrogen-bond acceptors (Lipinski definition) is 2. The Balaban J connectivity index is 2.38. The first-order valence-electron chi connectivity index (χ1n) is 6.08. The molecule has 1 aromatic carbocycles. The van der Waals surface area contributed by atoms with E-state index in [1.807, 2.05) is 16.9 Å². The summed E-state index contributed by atoms with van der Waals surface area (Å²) >= 11 is 0. The quantitative estimate of drug-likeness (QED) is 0.903. The maximum absolute atomic E-state index is 13.8. The standard InChI is InChI=1S/C14H17FN2O/c1-3-4-17-8-12(7-16-17)11-5-10(2)13(9-18)14(15)6-11/h5-8,18H,3-4,9H2,1-2H3. The number of aliphatic hydroxyl groups excluding tert-OH is 1. The molecule has 0 aliphatic rings. The zero-order chi connectivity index (χ0) is 13.1. The molecule has 0 radical (unpaired) electrons. The Bertz CT molecular complexity index is 525. The maximum Gasteiger partial charge on any atom is 0.129 e. The molecule has 0 saturated heterocycles. The molecule has 2 rings (SSSR count). The summed E-state index contributed by atoms with van der Waals surface area (Å²) in [5.74, 6) is -0.365. The molecular formula is C14H17FN2O. The second-order valence-corrected chi connectivity index (χ2v) is 4.40. The number of aliphatic hydroxyl groups is 1. The van der Waals surface area contributed by atoms with E-state index in [1.165, 1.54) is 6.07 Å². The van der Waals surface area contributed by atoms with Gasteiger partial charge in [0.25, 0.3) is 0 Å². The van der Waals surface area contributed by atoms with Crippen LogP contribution < -0.4 is 0 Å². The van der Waals surface area contributed by atoms with Crippen LogP contribution in [0.3, 0.4) is 0 Å². The average molecular weight is 248 g/mol. The zero-order valence-electron chi connectivity index (χ0n) is 10.7. The van der Waals surface area contributed by atoms with Gasteiger partial charge in [-0.1, -0.05) is 13.0 Å². The van der Waals surface area contributed by atoms with Gasteiger partial charge in [-0.25, -0.2) is 4.39 Å². The number of aryl methyl sites for hydroxylation is 2. The van der Waals surface area contributed by atoms with Gasteiger partial charge < -0.3 is 5.11 Å². The van der Waals surface area contributed by atoms with E-state index in [2.05, 4.69) is 12.0 Å². The number of benzene rings is 1. The molecule has 3 nitrogen and oxygen atoms in total. The Kier molecular flexibility index (Phi) is 3.77. The van der Waals surface area contributed by atoms with Crippen LogP contribution in [0.1, 0.15) is 24.5 Å². The molecule has 0 bridgehead atoms. The second-order valence-electron chi connectivity index (χ2n) is 4.40. The van der Waals surface area contributed by atoms with Crippen LogP contribution >= 0.6 is 0 Å². The highest BCUT2D eigenvalue weighted by atomic mass is 19.1. The summed E-state index contributed by atoms with van der Waals surface area (Å²) in [5.41, 5.74) is 2.81. The molecular weight excluding hydrogens is 231 g/mol. The lowest BCUT2D eigenvalue weighted by Gasteiger charge is -2.07. The van der Waals surface area contributed by atoms with E-state index in [1.54, 1.807) is 13.1 Å². The molecule has 0 fully saturated rings. The predicted octanol–water partition coefficient (Wildman–Crippen LogP) is 2.90. The highest BCUT2D eigenvalue weighted by Gasteiger charge is 2.09. The minimum Gasteiger partial charge on any atom is -0.392 e. The van der Waals surface area contributed by atoms with E-state index in [0.29, 0.717) is 5.56 Å². The summed E-state index contributed by atoms with van der Waals surface area (Å²) in [7, 11) is 0. The Morgan fingerprint density at radius 1 is 1.33 bits per heavy atom. The molecule has 96 valence electrons. The molecule has 4 heteroatoms. The SMILES string of the molecule is CCCn1cc(-c2cc(C)c(CO)c(F)c2)cn1. The summed E-state index contributed by atoms with van der Waals surface area (Å²) in [5, 5.41) is 13.3. The van der Waals surface area contributed by atoms with Crippen LogP contribution in [0.15, 0.2) is 24.5 Å². The Hall–Kier alpha value is -1.68. The van der Waals surface area contributed by atoms with Crippen LogP contribution in [0.4, 0.5) is 4.39 Å². The van der Waals surface area contributed by atoms with E-state index < -0.39 is 0 Å². The Labute approximate surface area is 106 Å². The van der Waals surface area contributed by atoms with Gasteiger partial charge in [0.2, 0.25) is 0 Å². The number of halogens is 1. The highest BCUT2D eigenvalue weighted by Crippen LogP contribution is 2.24. The lowest BCUT2D eigenvalue weighted by atomic mass is 10.0. The molecule has 2 aromatic rings. The van der Waals surface area contributed by atoms with Crippen LogP contribution in [0.2, 0.25) is 0 Å². The summed E-state index contributed by atoms with van der Waals surface area (Å²) in [4.78, 5) is 0. The summed E-state index contributed by atoms with van der Waals surface area (Å²) in [6.45, 7) is 4.47. The number of hydrogen-bond donors (Lipinski definition) is 1. The normalized spacial score (nSPS) is 10.9. The first kappa shape index (κ1) is 12.8. The Morgan fingerprint density at radius 2 is 2.11 bits per heavy atom. The first-order valence-corrected chi connectivity index (χ1v) is 6.08. The molecule has 1 aromatic heterocycles. The second kappa shape index (κ2) is 5.31. The van der Waals surface area contributed by atoms with Gasteiger partial charge in [-0.05, 0) is 30.5 Å². The number of aromatic nitrogens is 2. The third-order valence-corrected chi connectivity index (χ3v) is 3.00. The van der Waals surface area contributed by atoms with Crippen molar-refractivity contribution in [3.8, 4) is 11.1 Å². The molecule has 1 N–H and O–H groups in total. The monoisotopic (exact) mass is 248 g/mol. The van der Waals surface area contributed by atoms with E-state index in [-0.39, 0.29) is 12.4 Å². The van der Waals surface area contributed by atoms with Gasteiger partial charge in [0.15, 0.2) is 0 Å². The average Bonchev–Trinajstić information content (AvgIpc) is 2.78. The van der Waals surface area contributed by atoms with Gasteiger partial charge in [0.05, 0.1) is 12.8 Å². The topological polar surface area (TPSA) is 38.0 Å². The molecule has 18 heavy (non-hydrogen) atoms. The van der Waals surface area contributed by atoms with Crippen molar-refractivity contribution in [2.45, 2.75) is 33.4 Å². The predicted molar refractivity (Wildman–Crippen MR) is 68.6 cm³/mol. The van der Waals surface area contributed by atoms with Gasteiger partial charge in [-0.15, -0.1) is 0 Å².